The molecule has 2 spiro atoms. The Bertz CT molecular complexity index is 5880. The Labute approximate surface area is 553 Å². The number of benzene rings is 14. The lowest BCUT2D eigenvalue weighted by Crippen LogP contribution is -2.32. The zero-order valence-electron chi connectivity index (χ0n) is 51.8. The smallest absolute Gasteiger partial charge is 0.145 e. The molecule has 4 heterocycles. The topological polar surface area (TPSA) is 106 Å². The Morgan fingerprint density at radius 3 is 1.30 bits per heavy atom. The highest BCUT2D eigenvalue weighted by atomic mass is 16.5. The fourth-order valence-electron chi connectivity index (χ4n) is 16.6. The number of nitrogen functional groups attached to an aromatic ring is 2. The highest BCUT2D eigenvalue weighted by molar-refractivity contribution is 6.01. The molecule has 14 aromatic carbocycles. The molecule has 0 radical (unpaired) electrons. The number of hydrogen-bond acceptors (Lipinski definition) is 6. The first-order chi connectivity index (χ1) is 47.4. The first-order valence-corrected chi connectivity index (χ1v) is 32.6. The molecule has 4 aliphatic rings. The summed E-state index contributed by atoms with van der Waals surface area (Å²) >= 11 is 0. The van der Waals surface area contributed by atoms with Gasteiger partial charge in [0.25, 0.3) is 0 Å². The van der Waals surface area contributed by atoms with Crippen LogP contribution in [0.15, 0.2) is 315 Å². The Balaban J connectivity index is 0.714. The van der Waals surface area contributed by atoms with Crippen LogP contribution in [0.5, 0.6) is 23.0 Å². The number of ether oxygens (including phenoxy) is 2. The van der Waals surface area contributed by atoms with Crippen molar-refractivity contribution in [2.45, 2.75) is 10.8 Å². The van der Waals surface area contributed by atoms with Crippen molar-refractivity contribution in [2.75, 3.05) is 11.5 Å². The van der Waals surface area contributed by atoms with E-state index in [0.717, 1.165) is 163 Å². The van der Waals surface area contributed by atoms with E-state index in [2.05, 4.69) is 306 Å². The van der Waals surface area contributed by atoms with Gasteiger partial charge in [0.1, 0.15) is 34.6 Å². The predicted molar refractivity (Wildman–Crippen MR) is 386 cm³/mol. The van der Waals surface area contributed by atoms with Crippen molar-refractivity contribution in [2.24, 2.45) is 0 Å². The molecule has 2 aromatic heterocycles. The second kappa shape index (κ2) is 20.4. The van der Waals surface area contributed by atoms with Crippen LogP contribution in [0.1, 0.15) is 44.5 Å². The molecule has 450 valence electrons. The molecular formula is C88H56N6O2. The van der Waals surface area contributed by atoms with Crippen molar-refractivity contribution < 1.29 is 9.47 Å². The number of nitrogens with two attached hydrogens (primary N) is 2. The van der Waals surface area contributed by atoms with E-state index in [1.54, 1.807) is 0 Å². The summed E-state index contributed by atoms with van der Waals surface area (Å²) in [5.41, 5.74) is 41.6. The second-order valence-corrected chi connectivity index (χ2v) is 25.5. The van der Waals surface area contributed by atoms with Crippen LogP contribution in [-0.4, -0.2) is 19.1 Å². The molecule has 0 saturated carbocycles. The summed E-state index contributed by atoms with van der Waals surface area (Å²) in [6.07, 6.45) is 0. The highest BCUT2D eigenvalue weighted by Gasteiger charge is 2.54. The summed E-state index contributed by atoms with van der Waals surface area (Å²) in [6.45, 7) is 0. The molecule has 8 heteroatoms. The third-order valence-corrected chi connectivity index (χ3v) is 20.6. The van der Waals surface area contributed by atoms with Gasteiger partial charge < -0.3 is 20.9 Å². The number of fused-ring (bicyclic) bond motifs is 20. The monoisotopic (exact) mass is 1230 g/mol. The first kappa shape index (κ1) is 53.8. The quantitative estimate of drug-likeness (QED) is 0.154. The molecule has 2 aliphatic carbocycles. The lowest BCUT2D eigenvalue weighted by molar-refractivity contribution is 0.436. The number of hydrogen-bond donors (Lipinski definition) is 2. The van der Waals surface area contributed by atoms with E-state index in [1.807, 2.05) is 18.2 Å². The Kier molecular flexibility index (Phi) is 11.4. The Morgan fingerprint density at radius 2 is 0.698 bits per heavy atom. The number of rotatable bonds is 7. The summed E-state index contributed by atoms with van der Waals surface area (Å²) in [5.74, 6) is 5.05. The average molecular weight is 1230 g/mol. The lowest BCUT2D eigenvalue weighted by atomic mass is 9.65. The number of imidazole rings is 2. The fourth-order valence-corrected chi connectivity index (χ4v) is 16.6. The SMILES string of the molecule is Nc1ccc2c(c1)-c1c(-c3ccc(-c4nc5ccc(-c6cccc7c6Oc6ccccc6C76c7ccc(N)cc7-c7c(-c8ccc(-n9c(-c%10ccccc%10)nc%10ccccc%109)cc8)cccc76)cc5n4-c4ccccc4)cc3)cccc1C21c2ccccc2Oc2ccccc21. The van der Waals surface area contributed by atoms with Gasteiger partial charge in [-0.2, -0.15) is 0 Å². The normalized spacial score (nSPS) is 14.6. The van der Waals surface area contributed by atoms with Crippen LogP contribution in [0, 0.1) is 0 Å². The second-order valence-electron chi connectivity index (χ2n) is 25.5. The molecule has 8 nitrogen and oxygen atoms in total. The van der Waals surface area contributed by atoms with Gasteiger partial charge in [0.05, 0.1) is 32.9 Å². The van der Waals surface area contributed by atoms with E-state index in [4.69, 9.17) is 30.9 Å². The fraction of sp³-hybridized carbons (Fsp3) is 0.0227. The van der Waals surface area contributed by atoms with E-state index in [-0.39, 0.29) is 0 Å². The largest absolute Gasteiger partial charge is 0.457 e. The van der Waals surface area contributed by atoms with Crippen LogP contribution < -0.4 is 20.9 Å². The summed E-state index contributed by atoms with van der Waals surface area (Å²) < 4.78 is 18.6. The maximum Gasteiger partial charge on any atom is 0.145 e. The Morgan fingerprint density at radius 1 is 0.271 bits per heavy atom. The molecule has 1 atom stereocenters. The molecule has 20 rings (SSSR count). The van der Waals surface area contributed by atoms with E-state index < -0.39 is 10.8 Å². The molecule has 2 aliphatic heterocycles. The van der Waals surface area contributed by atoms with E-state index >= 15 is 0 Å². The number of aromatic nitrogens is 4. The maximum absolute atomic E-state index is 7.34. The zero-order valence-corrected chi connectivity index (χ0v) is 51.8. The van der Waals surface area contributed by atoms with Crippen molar-refractivity contribution in [3.05, 3.63) is 360 Å². The number of para-hydroxylation sites is 7. The van der Waals surface area contributed by atoms with Gasteiger partial charge in [-0.05, 0) is 163 Å². The van der Waals surface area contributed by atoms with Gasteiger partial charge in [0, 0.05) is 61.7 Å². The van der Waals surface area contributed by atoms with Gasteiger partial charge in [-0.25, -0.2) is 9.97 Å². The van der Waals surface area contributed by atoms with E-state index in [1.165, 1.54) is 22.3 Å². The average Bonchev–Trinajstić information content (AvgIpc) is 1.49. The first-order valence-electron chi connectivity index (χ1n) is 32.6. The molecule has 0 amide bonds. The van der Waals surface area contributed by atoms with Gasteiger partial charge in [-0.15, -0.1) is 0 Å². The minimum atomic E-state index is -0.774. The standard InChI is InChI=1S/C88H56N6O2/c89-58-43-47-67-65(51-58)82-62(22-15-28-72(82)87(67)69-25-7-12-33-79(69)95-80-34-13-8-26-70(80)87)53-36-38-56(39-37-53)86-92-76-49-42-57(50-78(76)94(86)60-20-5-2-6-21-60)64-24-17-30-74-84(64)96-81-35-14-9-27-71(81)88(74)68-48-44-59(90)52-66(68)83-63(23-16-29-73(83)88)54-40-45-61(46-41-54)93-77-32-11-10-31-75(77)91-85(93)55-18-3-1-4-19-55/h1-52H,89-90H2. The molecule has 4 N–H and O–H groups in total. The van der Waals surface area contributed by atoms with Gasteiger partial charge in [-0.1, -0.05) is 224 Å². The van der Waals surface area contributed by atoms with Crippen LogP contribution in [0.2, 0.25) is 0 Å². The van der Waals surface area contributed by atoms with Crippen molar-refractivity contribution in [3.63, 3.8) is 0 Å². The Hall–Kier alpha value is -12.8. The minimum Gasteiger partial charge on any atom is -0.457 e. The molecular weight excluding hydrogens is 1170 g/mol. The third kappa shape index (κ3) is 7.49. The molecule has 0 bridgehead atoms. The van der Waals surface area contributed by atoms with Crippen molar-refractivity contribution >= 4 is 33.4 Å². The van der Waals surface area contributed by atoms with Gasteiger partial charge >= 0.3 is 0 Å². The lowest BCUT2D eigenvalue weighted by Gasteiger charge is -2.40. The molecule has 0 fully saturated rings. The van der Waals surface area contributed by atoms with Crippen molar-refractivity contribution in [1.82, 2.24) is 19.1 Å². The van der Waals surface area contributed by atoms with Crippen LogP contribution in [0.3, 0.4) is 0 Å². The predicted octanol–water partition coefficient (Wildman–Crippen LogP) is 20.8. The molecule has 16 aromatic rings. The zero-order chi connectivity index (χ0) is 63.4. The number of nitrogens with zero attached hydrogens (tertiary/aromatic N) is 4. The summed E-state index contributed by atoms with van der Waals surface area (Å²) in [4.78, 5) is 10.6. The maximum atomic E-state index is 7.34. The molecule has 96 heavy (non-hydrogen) atoms. The van der Waals surface area contributed by atoms with Crippen molar-refractivity contribution in [3.8, 4) is 113 Å². The van der Waals surface area contributed by atoms with E-state index in [0.29, 0.717) is 5.69 Å². The van der Waals surface area contributed by atoms with Gasteiger partial charge in [0.15, 0.2) is 0 Å². The van der Waals surface area contributed by atoms with Gasteiger partial charge in [-0.3, -0.25) is 9.13 Å². The van der Waals surface area contributed by atoms with Gasteiger partial charge in [0.2, 0.25) is 0 Å². The minimum absolute atomic E-state index is 0.620. The summed E-state index contributed by atoms with van der Waals surface area (Å²) in [5, 5.41) is 0. The van der Waals surface area contributed by atoms with Crippen molar-refractivity contribution in [1.29, 1.82) is 0 Å². The van der Waals surface area contributed by atoms with Crippen LogP contribution in [-0.2, 0) is 10.8 Å². The highest BCUT2D eigenvalue weighted by Crippen LogP contribution is 2.66. The summed E-state index contributed by atoms with van der Waals surface area (Å²) in [7, 11) is 0. The van der Waals surface area contributed by atoms with E-state index in [9.17, 15) is 0 Å². The molecule has 0 saturated heterocycles. The van der Waals surface area contributed by atoms with Crippen LogP contribution in [0.25, 0.3) is 112 Å². The number of anilines is 2. The summed E-state index contributed by atoms with van der Waals surface area (Å²) in [6, 6.07) is 112. The molecule has 1 unspecified atom stereocenters. The van der Waals surface area contributed by atoms with Crippen LogP contribution >= 0.6 is 0 Å². The van der Waals surface area contributed by atoms with Crippen LogP contribution in [0.4, 0.5) is 11.4 Å². The third-order valence-electron chi connectivity index (χ3n) is 20.6.